The molecular formula is C14H14FN3O. The van der Waals surface area contributed by atoms with Gasteiger partial charge in [-0.05, 0) is 18.2 Å². The number of hydrogen-bond donors (Lipinski definition) is 1. The van der Waals surface area contributed by atoms with Crippen LogP contribution in [0, 0.1) is 5.82 Å². The Labute approximate surface area is 110 Å². The van der Waals surface area contributed by atoms with E-state index < -0.39 is 0 Å². The van der Waals surface area contributed by atoms with Gasteiger partial charge < -0.3 is 10.5 Å². The molecular weight excluding hydrogens is 245 g/mol. The van der Waals surface area contributed by atoms with E-state index in [2.05, 4.69) is 9.97 Å². The molecule has 0 aliphatic carbocycles. The van der Waals surface area contributed by atoms with E-state index in [0.717, 1.165) is 0 Å². The monoisotopic (exact) mass is 259 g/mol. The topological polar surface area (TPSA) is 61.0 Å². The number of ether oxygens (including phenoxy) is 1. The van der Waals surface area contributed by atoms with Crippen LogP contribution in [0.25, 0.3) is 11.3 Å². The van der Waals surface area contributed by atoms with Gasteiger partial charge in [-0.2, -0.15) is 0 Å². The van der Waals surface area contributed by atoms with Gasteiger partial charge in [0.15, 0.2) is 0 Å². The fourth-order valence-corrected chi connectivity index (χ4v) is 2.12. The van der Waals surface area contributed by atoms with Gasteiger partial charge in [0.1, 0.15) is 11.6 Å². The fourth-order valence-electron chi connectivity index (χ4n) is 2.12. The normalized spacial score (nSPS) is 16.9. The molecule has 0 spiro atoms. The zero-order valence-corrected chi connectivity index (χ0v) is 10.3. The number of benzene rings is 1. The molecule has 0 bridgehead atoms. The first kappa shape index (κ1) is 12.2. The fraction of sp³-hybridized carbons (Fsp3) is 0.286. The SMILES string of the molecule is NCC1(c2nccc(-c3ccccc3F)n2)COC1. The van der Waals surface area contributed by atoms with Crippen molar-refractivity contribution in [2.45, 2.75) is 5.41 Å². The number of nitrogens with zero attached hydrogens (tertiary/aromatic N) is 2. The van der Waals surface area contributed by atoms with Gasteiger partial charge in [0, 0.05) is 18.3 Å². The van der Waals surface area contributed by atoms with Crippen LogP contribution in [0.15, 0.2) is 36.5 Å². The quantitative estimate of drug-likeness (QED) is 0.907. The number of rotatable bonds is 3. The lowest BCUT2D eigenvalue weighted by molar-refractivity contribution is -0.0593. The van der Waals surface area contributed by atoms with E-state index in [9.17, 15) is 4.39 Å². The maximum Gasteiger partial charge on any atom is 0.141 e. The Morgan fingerprint density at radius 1 is 1.26 bits per heavy atom. The zero-order chi connectivity index (χ0) is 13.3. The first-order valence-corrected chi connectivity index (χ1v) is 6.11. The second-order valence-electron chi connectivity index (χ2n) is 4.72. The summed E-state index contributed by atoms with van der Waals surface area (Å²) in [6.45, 7) is 1.46. The molecule has 3 rings (SSSR count). The molecule has 1 aliphatic heterocycles. The molecule has 1 saturated heterocycles. The van der Waals surface area contributed by atoms with Crippen LogP contribution in [0.4, 0.5) is 4.39 Å². The van der Waals surface area contributed by atoms with Gasteiger partial charge in [-0.1, -0.05) is 12.1 Å². The highest BCUT2D eigenvalue weighted by molar-refractivity contribution is 5.59. The van der Waals surface area contributed by atoms with E-state index in [1.807, 2.05) is 0 Å². The van der Waals surface area contributed by atoms with Gasteiger partial charge in [-0.15, -0.1) is 0 Å². The van der Waals surface area contributed by atoms with E-state index in [1.54, 1.807) is 30.5 Å². The summed E-state index contributed by atoms with van der Waals surface area (Å²) in [7, 11) is 0. The first-order chi connectivity index (χ1) is 9.25. The molecule has 1 aromatic carbocycles. The highest BCUT2D eigenvalue weighted by Crippen LogP contribution is 2.30. The molecule has 1 aromatic heterocycles. The van der Waals surface area contributed by atoms with Crippen LogP contribution in [0.3, 0.4) is 0 Å². The molecule has 0 radical (unpaired) electrons. The molecule has 2 N–H and O–H groups in total. The van der Waals surface area contributed by atoms with Crippen LogP contribution in [-0.2, 0) is 10.2 Å². The minimum atomic E-state index is -0.318. The van der Waals surface area contributed by atoms with E-state index in [4.69, 9.17) is 10.5 Å². The Hall–Kier alpha value is -1.85. The highest BCUT2D eigenvalue weighted by atomic mass is 19.1. The molecule has 0 unspecified atom stereocenters. The Kier molecular flexibility index (Phi) is 3.00. The van der Waals surface area contributed by atoms with Crippen LogP contribution in [0.2, 0.25) is 0 Å². The summed E-state index contributed by atoms with van der Waals surface area (Å²) >= 11 is 0. The Bertz CT molecular complexity index is 593. The number of hydrogen-bond acceptors (Lipinski definition) is 4. The van der Waals surface area contributed by atoms with Crippen LogP contribution >= 0.6 is 0 Å². The van der Waals surface area contributed by atoms with Crippen molar-refractivity contribution in [3.8, 4) is 11.3 Å². The lowest BCUT2D eigenvalue weighted by Gasteiger charge is -2.38. The van der Waals surface area contributed by atoms with Crippen molar-refractivity contribution in [3.05, 3.63) is 48.2 Å². The van der Waals surface area contributed by atoms with E-state index in [-0.39, 0.29) is 11.2 Å². The highest BCUT2D eigenvalue weighted by Gasteiger charge is 2.42. The van der Waals surface area contributed by atoms with Gasteiger partial charge >= 0.3 is 0 Å². The van der Waals surface area contributed by atoms with Gasteiger partial charge in [0.2, 0.25) is 0 Å². The zero-order valence-electron chi connectivity index (χ0n) is 10.3. The van der Waals surface area contributed by atoms with Crippen LogP contribution in [0.1, 0.15) is 5.82 Å². The third kappa shape index (κ3) is 2.01. The second kappa shape index (κ2) is 4.68. The molecule has 4 nitrogen and oxygen atoms in total. The van der Waals surface area contributed by atoms with Crippen LogP contribution < -0.4 is 5.73 Å². The largest absolute Gasteiger partial charge is 0.379 e. The summed E-state index contributed by atoms with van der Waals surface area (Å²) in [4.78, 5) is 8.72. The van der Waals surface area contributed by atoms with Gasteiger partial charge in [0.05, 0.1) is 24.3 Å². The van der Waals surface area contributed by atoms with Crippen molar-refractivity contribution in [1.29, 1.82) is 0 Å². The lowest BCUT2D eigenvalue weighted by atomic mass is 9.85. The third-order valence-electron chi connectivity index (χ3n) is 3.43. The molecule has 0 atom stereocenters. The first-order valence-electron chi connectivity index (χ1n) is 6.11. The van der Waals surface area contributed by atoms with Gasteiger partial charge in [0.25, 0.3) is 0 Å². The summed E-state index contributed by atoms with van der Waals surface area (Å²) in [6, 6.07) is 8.26. The van der Waals surface area contributed by atoms with Crippen molar-refractivity contribution in [2.75, 3.05) is 19.8 Å². The average molecular weight is 259 g/mol. The average Bonchev–Trinajstić information content (AvgIpc) is 2.39. The van der Waals surface area contributed by atoms with Crippen molar-refractivity contribution >= 4 is 0 Å². The van der Waals surface area contributed by atoms with Crippen molar-refractivity contribution < 1.29 is 9.13 Å². The summed E-state index contributed by atoms with van der Waals surface area (Å²) in [5.41, 5.74) is 6.51. The van der Waals surface area contributed by atoms with E-state index in [1.165, 1.54) is 6.07 Å². The standard InChI is InChI=1S/C14H14FN3O/c15-11-4-2-1-3-10(11)12-5-6-17-13(18-12)14(7-16)8-19-9-14/h1-6H,7-9,16H2. The molecule has 2 heterocycles. The van der Waals surface area contributed by atoms with Gasteiger partial charge in [-0.25, -0.2) is 14.4 Å². The minimum Gasteiger partial charge on any atom is -0.379 e. The smallest absolute Gasteiger partial charge is 0.141 e. The van der Waals surface area contributed by atoms with Crippen molar-refractivity contribution in [2.24, 2.45) is 5.73 Å². The van der Waals surface area contributed by atoms with E-state index >= 15 is 0 Å². The summed E-state index contributed by atoms with van der Waals surface area (Å²) in [5, 5.41) is 0. The molecule has 1 fully saturated rings. The summed E-state index contributed by atoms with van der Waals surface area (Å²) in [5.74, 6) is 0.334. The molecule has 2 aromatic rings. The molecule has 0 amide bonds. The van der Waals surface area contributed by atoms with E-state index in [0.29, 0.717) is 36.8 Å². The minimum absolute atomic E-state index is 0.293. The molecule has 1 aliphatic rings. The Morgan fingerprint density at radius 3 is 2.68 bits per heavy atom. The molecule has 5 heteroatoms. The molecule has 0 saturated carbocycles. The lowest BCUT2D eigenvalue weighted by Crippen LogP contribution is -2.53. The molecule has 98 valence electrons. The predicted octanol–water partition coefficient (Wildman–Crippen LogP) is 1.51. The van der Waals surface area contributed by atoms with Crippen molar-refractivity contribution in [1.82, 2.24) is 9.97 Å². The van der Waals surface area contributed by atoms with Gasteiger partial charge in [-0.3, -0.25) is 0 Å². The summed E-state index contributed by atoms with van der Waals surface area (Å²) < 4.78 is 19.0. The number of nitrogens with two attached hydrogens (primary N) is 1. The third-order valence-corrected chi connectivity index (χ3v) is 3.43. The Morgan fingerprint density at radius 2 is 2.05 bits per heavy atom. The number of aromatic nitrogens is 2. The van der Waals surface area contributed by atoms with Crippen LogP contribution in [0.5, 0.6) is 0 Å². The second-order valence-corrected chi connectivity index (χ2v) is 4.72. The maximum absolute atomic E-state index is 13.8. The predicted molar refractivity (Wildman–Crippen MR) is 69.0 cm³/mol. The van der Waals surface area contributed by atoms with Crippen LogP contribution in [-0.4, -0.2) is 29.7 Å². The summed E-state index contributed by atoms with van der Waals surface area (Å²) in [6.07, 6.45) is 1.64. The number of halogens is 1. The maximum atomic E-state index is 13.8. The van der Waals surface area contributed by atoms with Crippen molar-refractivity contribution in [3.63, 3.8) is 0 Å². The molecule has 19 heavy (non-hydrogen) atoms. The Balaban J connectivity index is 2.03.